The van der Waals surface area contributed by atoms with E-state index in [9.17, 15) is 22.4 Å². The van der Waals surface area contributed by atoms with Crippen LogP contribution in [0.1, 0.15) is 23.0 Å². The van der Waals surface area contributed by atoms with Crippen LogP contribution in [-0.4, -0.2) is 46.8 Å². The Kier molecular flexibility index (Phi) is 7.38. The number of guanidine groups is 1. The molecule has 0 aliphatic heterocycles. The fourth-order valence-corrected chi connectivity index (χ4v) is 2.87. The maximum absolute atomic E-state index is 13.2. The maximum Gasteiger partial charge on any atom is 0.434 e. The fourth-order valence-electron chi connectivity index (χ4n) is 2.87. The molecular formula is C21H20F4N6O2. The van der Waals surface area contributed by atoms with Gasteiger partial charge in [0.25, 0.3) is 5.91 Å². The van der Waals surface area contributed by atoms with Crippen LogP contribution in [-0.2, 0) is 10.9 Å². The van der Waals surface area contributed by atoms with Crippen molar-refractivity contribution in [1.82, 2.24) is 20.5 Å². The van der Waals surface area contributed by atoms with Crippen LogP contribution in [0.4, 0.5) is 23.4 Å². The van der Waals surface area contributed by atoms with Gasteiger partial charge in [0.15, 0.2) is 5.69 Å². The highest BCUT2D eigenvalue weighted by molar-refractivity contribution is 6.07. The number of benzene rings is 1. The molecule has 8 nitrogen and oxygen atoms in total. The molecule has 12 heteroatoms. The molecule has 0 aliphatic carbocycles. The van der Waals surface area contributed by atoms with E-state index in [1.165, 1.54) is 37.4 Å². The molecule has 3 N–H and O–H groups in total. The van der Waals surface area contributed by atoms with E-state index in [2.05, 4.69) is 30.8 Å². The van der Waals surface area contributed by atoms with E-state index in [4.69, 9.17) is 4.74 Å². The first-order chi connectivity index (χ1) is 15.7. The maximum atomic E-state index is 13.2. The Labute approximate surface area is 186 Å². The number of anilines is 1. The second kappa shape index (κ2) is 10.2. The topological polar surface area (TPSA) is 104 Å². The highest BCUT2D eigenvalue weighted by Gasteiger charge is 2.37. The number of carbonyl (C=O) groups is 1. The highest BCUT2D eigenvalue weighted by atomic mass is 19.4. The molecular weight excluding hydrogens is 444 g/mol. The van der Waals surface area contributed by atoms with E-state index < -0.39 is 29.2 Å². The van der Waals surface area contributed by atoms with Gasteiger partial charge < -0.3 is 15.4 Å². The van der Waals surface area contributed by atoms with Crippen LogP contribution >= 0.6 is 0 Å². The number of halogens is 4. The number of amides is 1. The van der Waals surface area contributed by atoms with Gasteiger partial charge >= 0.3 is 6.18 Å². The molecule has 2 heterocycles. The lowest BCUT2D eigenvalue weighted by Gasteiger charge is -2.17. The van der Waals surface area contributed by atoms with E-state index in [1.54, 1.807) is 13.0 Å². The summed E-state index contributed by atoms with van der Waals surface area (Å²) in [4.78, 5) is 19.7. The van der Waals surface area contributed by atoms with Crippen molar-refractivity contribution in [2.75, 3.05) is 19.0 Å². The number of nitrogens with one attached hydrogen (secondary N) is 3. The summed E-state index contributed by atoms with van der Waals surface area (Å²) in [5.74, 6) is -1.38. The Balaban J connectivity index is 1.89. The smallest absolute Gasteiger partial charge is 0.383 e. The Morgan fingerprint density at radius 3 is 2.64 bits per heavy atom. The normalized spacial score (nSPS) is 13.0. The molecule has 0 spiro atoms. The van der Waals surface area contributed by atoms with Crippen molar-refractivity contribution in [2.45, 2.75) is 19.1 Å². The molecule has 2 aromatic heterocycles. The monoisotopic (exact) mass is 464 g/mol. The minimum atomic E-state index is -4.82. The van der Waals surface area contributed by atoms with Crippen molar-refractivity contribution in [2.24, 2.45) is 4.99 Å². The zero-order valence-corrected chi connectivity index (χ0v) is 17.6. The second-order valence-electron chi connectivity index (χ2n) is 6.96. The van der Waals surface area contributed by atoms with Gasteiger partial charge in [-0.1, -0.05) is 0 Å². The molecule has 3 aromatic rings. The van der Waals surface area contributed by atoms with Crippen LogP contribution in [0.15, 0.2) is 53.7 Å². The minimum absolute atomic E-state index is 0.129. The lowest BCUT2D eigenvalue weighted by Crippen LogP contribution is -2.40. The molecule has 33 heavy (non-hydrogen) atoms. The second-order valence-corrected chi connectivity index (χ2v) is 6.96. The van der Waals surface area contributed by atoms with Crippen LogP contribution < -0.4 is 10.6 Å². The molecule has 0 fully saturated rings. The van der Waals surface area contributed by atoms with Gasteiger partial charge in [-0.3, -0.25) is 14.9 Å². The SMILES string of the molecule is COC[C@H](C)N/C(=N/C(=O)c1cccnc1C(F)(F)F)Nc1cc(-c2ccc(F)cc2)n[nH]1. The van der Waals surface area contributed by atoms with Gasteiger partial charge in [0, 0.05) is 31.0 Å². The van der Waals surface area contributed by atoms with Crippen molar-refractivity contribution >= 4 is 17.7 Å². The van der Waals surface area contributed by atoms with E-state index in [0.717, 1.165) is 12.3 Å². The summed E-state index contributed by atoms with van der Waals surface area (Å²) in [6.07, 6.45) is -3.87. The van der Waals surface area contributed by atoms with Crippen LogP contribution in [0.2, 0.25) is 0 Å². The molecule has 174 valence electrons. The van der Waals surface area contributed by atoms with E-state index >= 15 is 0 Å². The number of methoxy groups -OCH3 is 1. The lowest BCUT2D eigenvalue weighted by molar-refractivity contribution is -0.141. The summed E-state index contributed by atoms with van der Waals surface area (Å²) in [7, 11) is 1.47. The molecule has 0 bridgehead atoms. The Morgan fingerprint density at radius 2 is 1.97 bits per heavy atom. The largest absolute Gasteiger partial charge is 0.434 e. The lowest BCUT2D eigenvalue weighted by atomic mass is 10.1. The van der Waals surface area contributed by atoms with E-state index in [1.807, 2.05) is 0 Å². The zero-order chi connectivity index (χ0) is 24.0. The summed E-state index contributed by atoms with van der Waals surface area (Å²) in [6.45, 7) is 1.96. The molecule has 0 radical (unpaired) electrons. The van der Waals surface area contributed by atoms with Crippen molar-refractivity contribution in [3.05, 3.63) is 65.7 Å². The number of pyridine rings is 1. The van der Waals surface area contributed by atoms with Crippen LogP contribution in [0.5, 0.6) is 0 Å². The average molecular weight is 464 g/mol. The van der Waals surface area contributed by atoms with Crippen LogP contribution in [0, 0.1) is 5.82 Å². The first-order valence-electron chi connectivity index (χ1n) is 9.66. The third kappa shape index (κ3) is 6.35. The number of hydrogen-bond donors (Lipinski definition) is 3. The molecule has 0 saturated heterocycles. The molecule has 0 unspecified atom stereocenters. The quantitative estimate of drug-likeness (QED) is 0.291. The van der Waals surface area contributed by atoms with Crippen molar-refractivity contribution < 1.29 is 27.1 Å². The molecule has 0 aliphatic rings. The molecule has 1 amide bonds. The molecule has 3 rings (SSSR count). The summed E-state index contributed by atoms with van der Waals surface area (Å²) in [5, 5.41) is 12.5. The summed E-state index contributed by atoms with van der Waals surface area (Å²) in [6, 6.07) is 9.08. The van der Waals surface area contributed by atoms with Gasteiger partial charge in [0.05, 0.1) is 17.9 Å². The Morgan fingerprint density at radius 1 is 1.24 bits per heavy atom. The number of aromatic nitrogens is 3. The van der Waals surface area contributed by atoms with Crippen molar-refractivity contribution in [1.29, 1.82) is 0 Å². The molecule has 0 saturated carbocycles. The number of aromatic amines is 1. The Bertz CT molecular complexity index is 1130. The predicted molar refractivity (Wildman–Crippen MR) is 113 cm³/mol. The van der Waals surface area contributed by atoms with E-state index in [0.29, 0.717) is 17.1 Å². The van der Waals surface area contributed by atoms with Crippen molar-refractivity contribution in [3.63, 3.8) is 0 Å². The number of aliphatic imine (C=N–C) groups is 1. The van der Waals surface area contributed by atoms with Gasteiger partial charge in [-0.2, -0.15) is 23.3 Å². The zero-order valence-electron chi connectivity index (χ0n) is 17.6. The average Bonchev–Trinajstić information content (AvgIpc) is 3.22. The first kappa shape index (κ1) is 23.9. The van der Waals surface area contributed by atoms with Crippen molar-refractivity contribution in [3.8, 4) is 11.3 Å². The van der Waals surface area contributed by atoms with Gasteiger partial charge in [0.2, 0.25) is 5.96 Å². The summed E-state index contributed by atoms with van der Waals surface area (Å²) in [5.41, 5.74) is -0.925. The third-order valence-corrected chi connectivity index (χ3v) is 4.29. The van der Waals surface area contributed by atoms with Crippen LogP contribution in [0.25, 0.3) is 11.3 Å². The molecule has 1 aromatic carbocycles. The number of carbonyl (C=O) groups excluding carboxylic acids is 1. The van der Waals surface area contributed by atoms with E-state index in [-0.39, 0.29) is 18.6 Å². The fraction of sp³-hybridized carbons (Fsp3) is 0.238. The van der Waals surface area contributed by atoms with Gasteiger partial charge in [-0.05, 0) is 43.3 Å². The predicted octanol–water partition coefficient (Wildman–Crippen LogP) is 3.86. The Hall–Kier alpha value is -3.80. The number of nitrogens with zero attached hydrogens (tertiary/aromatic N) is 3. The first-order valence-corrected chi connectivity index (χ1v) is 9.66. The van der Waals surface area contributed by atoms with Gasteiger partial charge in [0.1, 0.15) is 11.6 Å². The summed E-state index contributed by atoms with van der Waals surface area (Å²) < 4.78 is 57.9. The number of alkyl halides is 3. The standard InChI is InChI=1S/C21H20F4N6O2/c1-12(11-33-2)27-20(29-19(32)15-4-3-9-26-18(15)21(23,24)25)28-17-10-16(30-31-17)13-5-7-14(22)8-6-13/h3-10,12H,11H2,1-2H3,(H3,27,28,29,30,31,32)/t12-/m0/s1. The van der Waals surface area contributed by atoms with Crippen LogP contribution in [0.3, 0.4) is 0 Å². The third-order valence-electron chi connectivity index (χ3n) is 4.29. The van der Waals surface area contributed by atoms with Gasteiger partial charge in [-0.25, -0.2) is 4.39 Å². The number of hydrogen-bond acceptors (Lipinski definition) is 4. The number of rotatable bonds is 6. The molecule has 1 atom stereocenters. The number of ether oxygens (including phenoxy) is 1. The van der Waals surface area contributed by atoms with Gasteiger partial charge in [-0.15, -0.1) is 0 Å². The minimum Gasteiger partial charge on any atom is -0.383 e. The highest BCUT2D eigenvalue weighted by Crippen LogP contribution is 2.30. The summed E-state index contributed by atoms with van der Waals surface area (Å²) >= 11 is 0. The number of H-pyrrole nitrogens is 1.